The zero-order valence-electron chi connectivity index (χ0n) is 14.0. The number of hydrogen-bond donors (Lipinski definition) is 2. The summed E-state index contributed by atoms with van der Waals surface area (Å²) in [6.07, 6.45) is 4.61. The minimum atomic E-state index is -3.90. The molecule has 1 atom stereocenters. The number of nitrogens with zero attached hydrogens (tertiary/aromatic N) is 1. The fourth-order valence-electron chi connectivity index (χ4n) is 1.94. The van der Waals surface area contributed by atoms with E-state index in [0.717, 1.165) is 24.9 Å². The summed E-state index contributed by atoms with van der Waals surface area (Å²) in [7, 11) is -2.80. The van der Waals surface area contributed by atoms with Gasteiger partial charge in [0.1, 0.15) is 6.61 Å². The maximum Gasteiger partial charge on any atom is 0.471 e. The van der Waals surface area contributed by atoms with Crippen molar-refractivity contribution in [1.29, 1.82) is 0 Å². The quantitative estimate of drug-likeness (QED) is 0.292. The second kappa shape index (κ2) is 11.0. The molecule has 0 aliphatic carbocycles. The van der Waals surface area contributed by atoms with Crippen LogP contribution >= 0.6 is 7.82 Å². The normalized spacial score (nSPS) is 16.2. The second-order valence-corrected chi connectivity index (χ2v) is 6.68. The van der Waals surface area contributed by atoms with Crippen molar-refractivity contribution >= 4 is 25.7 Å². The van der Waals surface area contributed by atoms with Gasteiger partial charge in [-0.15, -0.1) is 0 Å². The van der Waals surface area contributed by atoms with Gasteiger partial charge >= 0.3 is 13.9 Å². The fraction of sp³-hybridized carbons (Fsp3) is 0.643. The van der Waals surface area contributed by atoms with Crippen molar-refractivity contribution in [1.82, 2.24) is 10.2 Å². The lowest BCUT2D eigenvalue weighted by Gasteiger charge is -2.13. The van der Waals surface area contributed by atoms with Gasteiger partial charge in [-0.2, -0.15) is 0 Å². The van der Waals surface area contributed by atoms with Crippen LogP contribution in [0.2, 0.25) is 0 Å². The summed E-state index contributed by atoms with van der Waals surface area (Å²) in [6.45, 7) is 0.497. The monoisotopic (exact) mass is 378 g/mol. The molecule has 1 aliphatic heterocycles. The van der Waals surface area contributed by atoms with Crippen molar-refractivity contribution in [3.05, 3.63) is 12.2 Å². The van der Waals surface area contributed by atoms with Gasteiger partial charge in [0.25, 0.3) is 11.8 Å². The maximum absolute atomic E-state index is 11.4. The van der Waals surface area contributed by atoms with Crippen LogP contribution in [0.25, 0.3) is 0 Å². The third-order valence-electron chi connectivity index (χ3n) is 3.27. The SMILES string of the molecule is COP(=O)(O)OCCCCCCNC(=O)OCCN1C(=O)C=CC1=O. The molecule has 0 radical (unpaired) electrons. The molecule has 11 heteroatoms. The summed E-state index contributed by atoms with van der Waals surface area (Å²) in [5.41, 5.74) is 0. The number of hydrogen-bond acceptors (Lipinski definition) is 7. The molecular weight excluding hydrogens is 355 g/mol. The summed E-state index contributed by atoms with van der Waals surface area (Å²) < 4.78 is 24.8. The predicted octanol–water partition coefficient (Wildman–Crippen LogP) is 0.961. The number of alkyl carbamates (subject to hydrolysis) is 1. The zero-order valence-corrected chi connectivity index (χ0v) is 14.9. The van der Waals surface area contributed by atoms with Crippen LogP contribution in [-0.2, 0) is 27.9 Å². The minimum Gasteiger partial charge on any atom is -0.448 e. The number of rotatable bonds is 12. The molecule has 2 N–H and O–H groups in total. The summed E-state index contributed by atoms with van der Waals surface area (Å²) in [5.74, 6) is -0.831. The Morgan fingerprint density at radius 2 is 1.80 bits per heavy atom. The van der Waals surface area contributed by atoms with Crippen molar-refractivity contribution in [2.24, 2.45) is 0 Å². The number of nitrogens with one attached hydrogen (secondary N) is 1. The van der Waals surface area contributed by atoms with Crippen LogP contribution in [0.15, 0.2) is 12.2 Å². The number of ether oxygens (including phenoxy) is 1. The van der Waals surface area contributed by atoms with Crippen LogP contribution in [0.4, 0.5) is 4.79 Å². The Bertz CT molecular complexity index is 533. The lowest BCUT2D eigenvalue weighted by Crippen LogP contribution is -2.35. The van der Waals surface area contributed by atoms with Gasteiger partial charge in [0.05, 0.1) is 13.2 Å². The number of imide groups is 1. The lowest BCUT2D eigenvalue weighted by atomic mass is 10.2. The van der Waals surface area contributed by atoms with Crippen molar-refractivity contribution in [3.63, 3.8) is 0 Å². The molecule has 0 saturated carbocycles. The Balaban J connectivity index is 1.94. The zero-order chi connectivity index (χ0) is 18.7. The van der Waals surface area contributed by atoms with Gasteiger partial charge in [0, 0.05) is 25.8 Å². The number of phosphoric acid groups is 1. The summed E-state index contributed by atoms with van der Waals surface area (Å²) in [5, 5.41) is 2.55. The Morgan fingerprint density at radius 3 is 2.44 bits per heavy atom. The molecule has 0 fully saturated rings. The largest absolute Gasteiger partial charge is 0.471 e. The average molecular weight is 378 g/mol. The molecule has 1 aliphatic rings. The van der Waals surface area contributed by atoms with E-state index in [-0.39, 0.29) is 19.8 Å². The molecule has 0 aromatic heterocycles. The van der Waals surface area contributed by atoms with Crippen LogP contribution in [-0.4, -0.2) is 61.1 Å². The third-order valence-corrected chi connectivity index (χ3v) is 4.24. The minimum absolute atomic E-state index is 0.0221. The van der Waals surface area contributed by atoms with E-state index in [2.05, 4.69) is 14.4 Å². The Morgan fingerprint density at radius 1 is 1.16 bits per heavy atom. The highest BCUT2D eigenvalue weighted by Crippen LogP contribution is 2.41. The van der Waals surface area contributed by atoms with Crippen molar-refractivity contribution < 1.29 is 37.6 Å². The molecule has 0 aromatic rings. The summed E-state index contributed by atoms with van der Waals surface area (Å²) >= 11 is 0. The number of carbonyl (C=O) groups excluding carboxylic acids is 3. The molecule has 1 unspecified atom stereocenters. The molecule has 25 heavy (non-hydrogen) atoms. The third kappa shape index (κ3) is 8.78. The highest BCUT2D eigenvalue weighted by molar-refractivity contribution is 7.47. The molecule has 0 saturated heterocycles. The Hall–Kier alpha value is -1.74. The fourth-order valence-corrected chi connectivity index (χ4v) is 2.40. The van der Waals surface area contributed by atoms with Gasteiger partial charge in [-0.25, -0.2) is 9.36 Å². The standard InChI is InChI=1S/C14H23N2O8P/c1-22-25(20,21)24-10-5-3-2-4-8-15-14(19)23-11-9-16-12(17)6-7-13(16)18/h6-7H,2-5,8-11H2,1H3,(H,15,19)(H,20,21). The lowest BCUT2D eigenvalue weighted by molar-refractivity contribution is -0.137. The first kappa shape index (κ1) is 21.3. The highest BCUT2D eigenvalue weighted by atomic mass is 31.2. The van der Waals surface area contributed by atoms with Crippen molar-refractivity contribution in [2.75, 3.05) is 33.4 Å². The van der Waals surface area contributed by atoms with E-state index in [4.69, 9.17) is 9.63 Å². The topological polar surface area (TPSA) is 131 Å². The molecule has 0 bridgehead atoms. The number of carbonyl (C=O) groups is 3. The highest BCUT2D eigenvalue weighted by Gasteiger charge is 2.23. The van der Waals surface area contributed by atoms with Crippen molar-refractivity contribution in [3.8, 4) is 0 Å². The van der Waals surface area contributed by atoms with Gasteiger partial charge in [-0.1, -0.05) is 12.8 Å². The van der Waals surface area contributed by atoms with Crippen LogP contribution in [0, 0.1) is 0 Å². The molecule has 10 nitrogen and oxygen atoms in total. The van der Waals surface area contributed by atoms with E-state index in [1.165, 1.54) is 12.2 Å². The molecular formula is C14H23N2O8P. The van der Waals surface area contributed by atoms with Gasteiger partial charge in [-0.3, -0.25) is 23.5 Å². The summed E-state index contributed by atoms with van der Waals surface area (Å²) in [4.78, 5) is 44.0. The van der Waals surface area contributed by atoms with Gasteiger partial charge in [0.2, 0.25) is 0 Å². The van der Waals surface area contributed by atoms with Crippen LogP contribution in [0.1, 0.15) is 25.7 Å². The number of amides is 3. The molecule has 142 valence electrons. The van der Waals surface area contributed by atoms with Crippen LogP contribution < -0.4 is 5.32 Å². The Labute approximate surface area is 145 Å². The van der Waals surface area contributed by atoms with E-state index in [0.29, 0.717) is 19.4 Å². The van der Waals surface area contributed by atoms with E-state index in [1.807, 2.05) is 0 Å². The second-order valence-electron chi connectivity index (χ2n) is 5.12. The van der Waals surface area contributed by atoms with Gasteiger partial charge < -0.3 is 14.9 Å². The van der Waals surface area contributed by atoms with E-state index in [9.17, 15) is 18.9 Å². The maximum atomic E-state index is 11.4. The summed E-state index contributed by atoms with van der Waals surface area (Å²) in [6, 6.07) is 0. The predicted molar refractivity (Wildman–Crippen MR) is 86.5 cm³/mol. The first-order chi connectivity index (χ1) is 11.9. The molecule has 1 rings (SSSR count). The molecule has 1 heterocycles. The number of unbranched alkanes of at least 4 members (excludes halogenated alkanes) is 3. The van der Waals surface area contributed by atoms with Crippen molar-refractivity contribution in [2.45, 2.75) is 25.7 Å². The van der Waals surface area contributed by atoms with Gasteiger partial charge in [0.15, 0.2) is 0 Å². The molecule has 0 aromatic carbocycles. The van der Waals surface area contributed by atoms with E-state index in [1.54, 1.807) is 0 Å². The van der Waals surface area contributed by atoms with Crippen LogP contribution in [0.3, 0.4) is 0 Å². The number of phosphoric ester groups is 1. The van der Waals surface area contributed by atoms with E-state index < -0.39 is 25.7 Å². The van der Waals surface area contributed by atoms with Gasteiger partial charge in [-0.05, 0) is 12.8 Å². The first-order valence-electron chi connectivity index (χ1n) is 7.83. The molecule has 3 amide bonds. The average Bonchev–Trinajstić information content (AvgIpc) is 2.89. The first-order valence-corrected chi connectivity index (χ1v) is 9.32. The van der Waals surface area contributed by atoms with Crippen LogP contribution in [0.5, 0.6) is 0 Å². The smallest absolute Gasteiger partial charge is 0.448 e. The molecule has 0 spiro atoms. The van der Waals surface area contributed by atoms with E-state index >= 15 is 0 Å². The Kier molecular flexibility index (Phi) is 9.36.